The molecule has 0 saturated carbocycles. The van der Waals surface area contributed by atoms with Crippen LogP contribution in [0.1, 0.15) is 51.5 Å². The normalized spacial score (nSPS) is 22.1. The fourth-order valence-electron chi connectivity index (χ4n) is 4.55. The van der Waals surface area contributed by atoms with Crippen LogP contribution in [-0.4, -0.2) is 22.9 Å². The third-order valence-corrected chi connectivity index (χ3v) is 6.33. The van der Waals surface area contributed by atoms with Crippen molar-refractivity contribution in [3.8, 4) is 11.1 Å². The van der Waals surface area contributed by atoms with Crippen LogP contribution >= 0.6 is 0 Å². The summed E-state index contributed by atoms with van der Waals surface area (Å²) >= 11 is 0. The molecule has 0 spiro atoms. The second kappa shape index (κ2) is 7.90. The number of amides is 1. The van der Waals surface area contributed by atoms with Crippen LogP contribution in [0.4, 0.5) is 4.39 Å². The highest BCUT2D eigenvalue weighted by molar-refractivity contribution is 5.80. The average Bonchev–Trinajstić information content (AvgIpc) is 2.98. The van der Waals surface area contributed by atoms with Crippen molar-refractivity contribution in [2.45, 2.75) is 58.0 Å². The Hall–Kier alpha value is -2.42. The molecule has 146 valence electrons. The Bertz CT molecular complexity index is 889. The van der Waals surface area contributed by atoms with Gasteiger partial charge in [0.15, 0.2) is 0 Å². The number of carbonyl (C=O) groups is 1. The number of halogens is 1. The number of hydrogen-bond donors (Lipinski definition) is 0. The Morgan fingerprint density at radius 1 is 1.14 bits per heavy atom. The minimum Gasteiger partial charge on any atom is -0.333 e. The maximum Gasteiger partial charge on any atom is 0.223 e. The molecule has 0 aromatic heterocycles. The van der Waals surface area contributed by atoms with Crippen LogP contribution < -0.4 is 0 Å². The van der Waals surface area contributed by atoms with Crippen LogP contribution in [0.3, 0.4) is 0 Å². The molecule has 0 radical (unpaired) electrons. The Kier molecular flexibility index (Phi) is 5.34. The molecule has 1 saturated heterocycles. The minimum absolute atomic E-state index is 0.169. The standard InChI is InChI=1S/C25H28FNO/c1-3-17(2)13-25(28)27-21-10-11-22(27)15-20(14-21)19-9-12-23(24(26)16-19)18-7-5-4-6-8-18/h4-9,12,14,16-17,21-22H,3,10-11,13,15H2,1-2H3. The Balaban J connectivity index is 1.56. The van der Waals surface area contributed by atoms with Gasteiger partial charge in [-0.3, -0.25) is 4.79 Å². The van der Waals surface area contributed by atoms with Gasteiger partial charge in [-0.05, 0) is 47.9 Å². The van der Waals surface area contributed by atoms with E-state index in [1.807, 2.05) is 42.5 Å². The zero-order valence-corrected chi connectivity index (χ0v) is 16.7. The highest BCUT2D eigenvalue weighted by atomic mass is 19.1. The molecule has 0 N–H and O–H groups in total. The van der Waals surface area contributed by atoms with E-state index in [0.29, 0.717) is 17.9 Å². The number of nitrogens with zero attached hydrogens (tertiary/aromatic N) is 1. The maximum atomic E-state index is 14.8. The Labute approximate surface area is 167 Å². The van der Waals surface area contributed by atoms with E-state index < -0.39 is 0 Å². The first kappa shape index (κ1) is 18.9. The molecule has 2 aromatic carbocycles. The zero-order chi connectivity index (χ0) is 19.7. The molecular formula is C25H28FNO. The van der Waals surface area contributed by atoms with Gasteiger partial charge in [0.25, 0.3) is 0 Å². The van der Waals surface area contributed by atoms with Crippen LogP contribution in [0.2, 0.25) is 0 Å². The lowest BCUT2D eigenvalue weighted by atomic mass is 9.92. The van der Waals surface area contributed by atoms with Gasteiger partial charge >= 0.3 is 0 Å². The number of fused-ring (bicyclic) bond motifs is 2. The van der Waals surface area contributed by atoms with Crippen molar-refractivity contribution >= 4 is 11.5 Å². The van der Waals surface area contributed by atoms with Crippen molar-refractivity contribution in [1.29, 1.82) is 0 Å². The third-order valence-electron chi connectivity index (χ3n) is 6.33. The minimum atomic E-state index is -0.188. The highest BCUT2D eigenvalue weighted by Gasteiger charge is 2.39. The fourth-order valence-corrected chi connectivity index (χ4v) is 4.55. The van der Waals surface area contributed by atoms with E-state index in [1.54, 1.807) is 6.07 Å². The Morgan fingerprint density at radius 3 is 2.61 bits per heavy atom. The lowest BCUT2D eigenvalue weighted by Gasteiger charge is -2.35. The van der Waals surface area contributed by atoms with E-state index in [1.165, 1.54) is 5.57 Å². The van der Waals surface area contributed by atoms with Crippen LogP contribution in [0.25, 0.3) is 16.7 Å². The molecule has 2 nitrogen and oxygen atoms in total. The van der Waals surface area contributed by atoms with Crippen molar-refractivity contribution in [2.24, 2.45) is 5.92 Å². The van der Waals surface area contributed by atoms with E-state index in [-0.39, 0.29) is 23.8 Å². The average molecular weight is 378 g/mol. The molecule has 28 heavy (non-hydrogen) atoms. The smallest absolute Gasteiger partial charge is 0.223 e. The van der Waals surface area contributed by atoms with Gasteiger partial charge in [-0.2, -0.15) is 0 Å². The topological polar surface area (TPSA) is 20.3 Å². The molecular weight excluding hydrogens is 349 g/mol. The first-order valence-electron chi connectivity index (χ1n) is 10.4. The second-order valence-corrected chi connectivity index (χ2v) is 8.27. The number of rotatable bonds is 5. The summed E-state index contributed by atoms with van der Waals surface area (Å²) < 4.78 is 14.8. The summed E-state index contributed by atoms with van der Waals surface area (Å²) in [6.07, 6.45) is 6.75. The van der Waals surface area contributed by atoms with Crippen molar-refractivity contribution in [2.75, 3.05) is 0 Å². The molecule has 4 rings (SSSR count). The molecule has 1 fully saturated rings. The number of carbonyl (C=O) groups excluding carboxylic acids is 1. The van der Waals surface area contributed by atoms with Crippen LogP contribution in [0.15, 0.2) is 54.6 Å². The maximum absolute atomic E-state index is 14.8. The van der Waals surface area contributed by atoms with Gasteiger partial charge in [-0.1, -0.05) is 68.8 Å². The summed E-state index contributed by atoms with van der Waals surface area (Å²) in [6.45, 7) is 4.27. The van der Waals surface area contributed by atoms with E-state index in [9.17, 15) is 9.18 Å². The van der Waals surface area contributed by atoms with Crippen molar-refractivity contribution in [3.05, 3.63) is 66.0 Å². The summed E-state index contributed by atoms with van der Waals surface area (Å²) in [5.41, 5.74) is 3.65. The van der Waals surface area contributed by atoms with Crippen LogP contribution in [-0.2, 0) is 4.79 Å². The molecule has 2 aliphatic heterocycles. The first-order valence-corrected chi connectivity index (χ1v) is 10.4. The number of benzene rings is 2. The number of hydrogen-bond acceptors (Lipinski definition) is 1. The van der Waals surface area contributed by atoms with Gasteiger partial charge < -0.3 is 4.90 Å². The summed E-state index contributed by atoms with van der Waals surface area (Å²) in [7, 11) is 0. The van der Waals surface area contributed by atoms with Gasteiger partial charge in [0.05, 0.1) is 6.04 Å². The van der Waals surface area contributed by atoms with Crippen LogP contribution in [0.5, 0.6) is 0 Å². The second-order valence-electron chi connectivity index (χ2n) is 8.27. The molecule has 2 aromatic rings. The van der Waals surface area contributed by atoms with Gasteiger partial charge in [0.1, 0.15) is 5.82 Å². The van der Waals surface area contributed by atoms with E-state index in [0.717, 1.165) is 36.8 Å². The lowest BCUT2D eigenvalue weighted by molar-refractivity contribution is -0.134. The van der Waals surface area contributed by atoms with Gasteiger partial charge in [0.2, 0.25) is 5.91 Å². The lowest BCUT2D eigenvalue weighted by Crippen LogP contribution is -2.43. The zero-order valence-electron chi connectivity index (χ0n) is 16.7. The predicted molar refractivity (Wildman–Crippen MR) is 112 cm³/mol. The fraction of sp³-hybridized carbons (Fsp3) is 0.400. The summed E-state index contributed by atoms with van der Waals surface area (Å²) in [6, 6.07) is 15.6. The molecule has 2 aliphatic rings. The summed E-state index contributed by atoms with van der Waals surface area (Å²) in [5, 5.41) is 0. The molecule has 3 heteroatoms. The SMILES string of the molecule is CCC(C)CC(=O)N1C2C=C(c3ccc(-c4ccccc4)c(F)c3)CC1CC2. The molecule has 3 atom stereocenters. The summed E-state index contributed by atoms with van der Waals surface area (Å²) in [5.74, 6) is 0.520. The van der Waals surface area contributed by atoms with Gasteiger partial charge in [-0.25, -0.2) is 4.39 Å². The van der Waals surface area contributed by atoms with Crippen molar-refractivity contribution in [1.82, 2.24) is 4.90 Å². The highest BCUT2D eigenvalue weighted by Crippen LogP contribution is 2.40. The molecule has 2 bridgehead atoms. The molecule has 1 amide bonds. The first-order chi connectivity index (χ1) is 13.6. The largest absolute Gasteiger partial charge is 0.333 e. The van der Waals surface area contributed by atoms with E-state index in [4.69, 9.17) is 0 Å². The monoisotopic (exact) mass is 377 g/mol. The van der Waals surface area contributed by atoms with E-state index >= 15 is 0 Å². The molecule has 2 heterocycles. The van der Waals surface area contributed by atoms with Crippen molar-refractivity contribution in [3.63, 3.8) is 0 Å². The summed E-state index contributed by atoms with van der Waals surface area (Å²) in [4.78, 5) is 14.9. The quantitative estimate of drug-likeness (QED) is 0.619. The van der Waals surface area contributed by atoms with Crippen molar-refractivity contribution < 1.29 is 9.18 Å². The van der Waals surface area contributed by atoms with Crippen LogP contribution in [0, 0.1) is 11.7 Å². The van der Waals surface area contributed by atoms with E-state index in [2.05, 4.69) is 24.8 Å². The molecule has 3 unspecified atom stereocenters. The molecule has 0 aliphatic carbocycles. The Morgan fingerprint density at radius 2 is 1.93 bits per heavy atom. The van der Waals surface area contributed by atoms with Gasteiger partial charge in [0, 0.05) is 18.0 Å². The third kappa shape index (κ3) is 3.63. The predicted octanol–water partition coefficient (Wildman–Crippen LogP) is 6.08. The van der Waals surface area contributed by atoms with Gasteiger partial charge in [-0.15, -0.1) is 0 Å².